The van der Waals surface area contributed by atoms with Crippen LogP contribution in [-0.2, 0) is 14.3 Å². The van der Waals surface area contributed by atoms with E-state index in [0.717, 1.165) is 0 Å². The van der Waals surface area contributed by atoms with Gasteiger partial charge in [0.15, 0.2) is 6.61 Å². The zero-order valence-corrected chi connectivity index (χ0v) is 17.5. The molecule has 168 valence electrons. The number of anilines is 1. The molecule has 2 N–H and O–H groups in total. The van der Waals surface area contributed by atoms with Gasteiger partial charge in [0.2, 0.25) is 0 Å². The third kappa shape index (κ3) is 7.00. The highest BCUT2D eigenvalue weighted by atomic mass is 16.6. The van der Waals surface area contributed by atoms with Crippen LogP contribution in [0.25, 0.3) is 0 Å². The van der Waals surface area contributed by atoms with Crippen molar-refractivity contribution >= 4 is 29.2 Å². The predicted molar refractivity (Wildman–Crippen MR) is 120 cm³/mol. The summed E-state index contributed by atoms with van der Waals surface area (Å²) in [6, 6.07) is 22.2. The molecular weight excluding hydrogens is 426 g/mol. The maximum atomic E-state index is 12.6. The van der Waals surface area contributed by atoms with E-state index in [1.165, 1.54) is 24.3 Å². The van der Waals surface area contributed by atoms with Crippen molar-refractivity contribution < 1.29 is 24.0 Å². The second-order valence-corrected chi connectivity index (χ2v) is 7.02. The van der Waals surface area contributed by atoms with E-state index in [4.69, 9.17) is 4.74 Å². The molecule has 2 amide bonds. The molecule has 9 heteroatoms. The number of benzene rings is 3. The van der Waals surface area contributed by atoms with Gasteiger partial charge in [-0.25, -0.2) is 0 Å². The van der Waals surface area contributed by atoms with Crippen LogP contribution >= 0.6 is 0 Å². The van der Waals surface area contributed by atoms with E-state index in [0.29, 0.717) is 16.8 Å². The first-order chi connectivity index (χ1) is 15.9. The number of hydrogen-bond acceptors (Lipinski definition) is 6. The van der Waals surface area contributed by atoms with E-state index < -0.39 is 29.4 Å². The third-order valence-corrected chi connectivity index (χ3v) is 4.64. The quantitative estimate of drug-likeness (QED) is 0.293. The van der Waals surface area contributed by atoms with Crippen molar-refractivity contribution in [1.82, 2.24) is 5.32 Å². The first-order valence-corrected chi connectivity index (χ1v) is 10.0. The average molecular weight is 447 g/mol. The minimum Gasteiger partial charge on any atom is -0.455 e. The standard InChI is InChI=1S/C24H21N3O6/c28-22(25-19-11-13-20(14-12-19)27(31)32)16-33-23(29)15-21(17-7-3-1-4-8-17)26-24(30)18-9-5-2-6-10-18/h1-14,21H,15-16H2,(H,25,28)(H,26,30). The number of nitro groups is 1. The third-order valence-electron chi connectivity index (χ3n) is 4.64. The van der Waals surface area contributed by atoms with Crippen molar-refractivity contribution in [2.75, 3.05) is 11.9 Å². The van der Waals surface area contributed by atoms with Gasteiger partial charge in [-0.05, 0) is 29.8 Å². The molecule has 0 saturated heterocycles. The summed E-state index contributed by atoms with van der Waals surface area (Å²) in [5.41, 5.74) is 1.39. The fourth-order valence-corrected chi connectivity index (χ4v) is 3.00. The highest BCUT2D eigenvalue weighted by Crippen LogP contribution is 2.19. The molecule has 0 aliphatic carbocycles. The Kier molecular flexibility index (Phi) is 7.85. The van der Waals surface area contributed by atoms with Crippen molar-refractivity contribution in [3.05, 3.63) is 106 Å². The number of non-ortho nitro benzene ring substituents is 1. The average Bonchev–Trinajstić information content (AvgIpc) is 2.83. The fraction of sp³-hybridized carbons (Fsp3) is 0.125. The highest BCUT2D eigenvalue weighted by molar-refractivity contribution is 5.95. The number of nitro benzene ring substituents is 1. The first-order valence-electron chi connectivity index (χ1n) is 10.0. The van der Waals surface area contributed by atoms with Crippen molar-refractivity contribution in [2.24, 2.45) is 0 Å². The first kappa shape index (κ1) is 23.1. The number of nitrogens with one attached hydrogen (secondary N) is 2. The lowest BCUT2D eigenvalue weighted by atomic mass is 10.0. The van der Waals surface area contributed by atoms with E-state index in [1.54, 1.807) is 54.6 Å². The van der Waals surface area contributed by atoms with Crippen LogP contribution in [0.2, 0.25) is 0 Å². The molecule has 0 aliphatic heterocycles. The summed E-state index contributed by atoms with van der Waals surface area (Å²) in [5.74, 6) is -1.61. The second kappa shape index (κ2) is 11.2. The monoisotopic (exact) mass is 447 g/mol. The summed E-state index contributed by atoms with van der Waals surface area (Å²) in [6.07, 6.45) is -0.173. The molecular formula is C24H21N3O6. The van der Waals surface area contributed by atoms with Crippen LogP contribution in [0.4, 0.5) is 11.4 Å². The highest BCUT2D eigenvalue weighted by Gasteiger charge is 2.20. The van der Waals surface area contributed by atoms with Crippen LogP contribution < -0.4 is 10.6 Å². The van der Waals surface area contributed by atoms with Crippen LogP contribution in [0.1, 0.15) is 28.4 Å². The topological polar surface area (TPSA) is 128 Å². The normalized spacial score (nSPS) is 11.2. The van der Waals surface area contributed by atoms with E-state index in [1.807, 2.05) is 6.07 Å². The molecule has 0 aromatic heterocycles. The Morgan fingerprint density at radius 1 is 0.879 bits per heavy atom. The number of esters is 1. The SMILES string of the molecule is O=C(COC(=O)CC(NC(=O)c1ccccc1)c1ccccc1)Nc1ccc([N+](=O)[O-])cc1. The summed E-state index contributed by atoms with van der Waals surface area (Å²) in [4.78, 5) is 47.2. The van der Waals surface area contributed by atoms with Gasteiger partial charge in [0.1, 0.15) is 0 Å². The second-order valence-electron chi connectivity index (χ2n) is 7.02. The largest absolute Gasteiger partial charge is 0.455 e. The molecule has 3 rings (SSSR count). The number of hydrogen-bond donors (Lipinski definition) is 2. The lowest BCUT2D eigenvalue weighted by Crippen LogP contribution is -2.31. The van der Waals surface area contributed by atoms with E-state index in [9.17, 15) is 24.5 Å². The Balaban J connectivity index is 1.57. The molecule has 1 atom stereocenters. The van der Waals surface area contributed by atoms with Gasteiger partial charge in [0, 0.05) is 23.4 Å². The summed E-state index contributed by atoms with van der Waals surface area (Å²) in [5, 5.41) is 16.0. The molecule has 0 heterocycles. The lowest BCUT2D eigenvalue weighted by Gasteiger charge is -2.19. The van der Waals surface area contributed by atoms with Gasteiger partial charge in [-0.2, -0.15) is 0 Å². The van der Waals surface area contributed by atoms with Crippen molar-refractivity contribution in [3.8, 4) is 0 Å². The molecule has 0 radical (unpaired) electrons. The molecule has 0 saturated carbocycles. The van der Waals surface area contributed by atoms with Gasteiger partial charge in [-0.3, -0.25) is 24.5 Å². The van der Waals surface area contributed by atoms with Crippen LogP contribution in [0.15, 0.2) is 84.9 Å². The molecule has 1 unspecified atom stereocenters. The molecule has 3 aromatic carbocycles. The molecule has 0 spiro atoms. The maximum absolute atomic E-state index is 12.6. The Bertz CT molecular complexity index is 1120. The van der Waals surface area contributed by atoms with E-state index in [2.05, 4.69) is 10.6 Å². The predicted octanol–water partition coefficient (Wildman–Crippen LogP) is 3.64. The van der Waals surface area contributed by atoms with Crippen molar-refractivity contribution in [3.63, 3.8) is 0 Å². The van der Waals surface area contributed by atoms with E-state index in [-0.39, 0.29) is 18.0 Å². The van der Waals surface area contributed by atoms with Crippen molar-refractivity contribution in [1.29, 1.82) is 0 Å². The number of rotatable bonds is 9. The number of carbonyl (C=O) groups excluding carboxylic acids is 3. The number of nitrogens with zero attached hydrogens (tertiary/aromatic N) is 1. The van der Waals surface area contributed by atoms with Gasteiger partial charge in [-0.15, -0.1) is 0 Å². The van der Waals surface area contributed by atoms with E-state index >= 15 is 0 Å². The van der Waals surface area contributed by atoms with Crippen LogP contribution in [-0.4, -0.2) is 29.3 Å². The minimum absolute atomic E-state index is 0.107. The number of carbonyl (C=O) groups is 3. The number of ether oxygens (including phenoxy) is 1. The van der Waals surface area contributed by atoms with Crippen LogP contribution in [0, 0.1) is 10.1 Å². The molecule has 3 aromatic rings. The van der Waals surface area contributed by atoms with Gasteiger partial charge < -0.3 is 15.4 Å². The van der Waals surface area contributed by atoms with Crippen molar-refractivity contribution in [2.45, 2.75) is 12.5 Å². The molecule has 9 nitrogen and oxygen atoms in total. The Morgan fingerprint density at radius 3 is 2.09 bits per heavy atom. The van der Waals surface area contributed by atoms with Gasteiger partial charge in [0.05, 0.1) is 17.4 Å². The Morgan fingerprint density at radius 2 is 1.48 bits per heavy atom. The van der Waals surface area contributed by atoms with Gasteiger partial charge in [-0.1, -0.05) is 48.5 Å². The zero-order valence-electron chi connectivity index (χ0n) is 17.5. The van der Waals surface area contributed by atoms with Crippen LogP contribution in [0.3, 0.4) is 0 Å². The zero-order chi connectivity index (χ0) is 23.6. The summed E-state index contributed by atoms with van der Waals surface area (Å²) >= 11 is 0. The van der Waals surface area contributed by atoms with Gasteiger partial charge >= 0.3 is 5.97 Å². The summed E-state index contributed by atoms with van der Waals surface area (Å²) in [6.45, 7) is -0.538. The molecule has 0 bridgehead atoms. The smallest absolute Gasteiger partial charge is 0.308 e. The molecule has 33 heavy (non-hydrogen) atoms. The minimum atomic E-state index is -0.670. The van der Waals surface area contributed by atoms with Crippen LogP contribution in [0.5, 0.6) is 0 Å². The summed E-state index contributed by atoms with van der Waals surface area (Å²) < 4.78 is 5.07. The number of amides is 2. The maximum Gasteiger partial charge on any atom is 0.308 e. The molecule has 0 aliphatic rings. The Hall–Kier alpha value is -4.53. The van der Waals surface area contributed by atoms with Gasteiger partial charge in [0.25, 0.3) is 17.5 Å². The molecule has 0 fully saturated rings. The Labute approximate surface area is 189 Å². The lowest BCUT2D eigenvalue weighted by molar-refractivity contribution is -0.384. The summed E-state index contributed by atoms with van der Waals surface area (Å²) in [7, 11) is 0. The fourth-order valence-electron chi connectivity index (χ4n) is 3.00.